The van der Waals surface area contributed by atoms with E-state index in [0.29, 0.717) is 13.0 Å². The first-order chi connectivity index (χ1) is 8.52. The lowest BCUT2D eigenvalue weighted by Gasteiger charge is -2.36. The van der Waals surface area contributed by atoms with E-state index < -0.39 is 6.04 Å². The van der Waals surface area contributed by atoms with E-state index in [-0.39, 0.29) is 17.9 Å². The van der Waals surface area contributed by atoms with Crippen LogP contribution in [-0.2, 0) is 16.1 Å². The predicted molar refractivity (Wildman–Crippen MR) is 74.3 cm³/mol. The maximum absolute atomic E-state index is 12.2. The third kappa shape index (κ3) is 2.59. The van der Waals surface area contributed by atoms with E-state index in [4.69, 9.17) is 0 Å². The highest BCUT2D eigenvalue weighted by atomic mass is 79.9. The number of rotatable bonds is 3. The van der Waals surface area contributed by atoms with Crippen LogP contribution in [0.25, 0.3) is 0 Å². The molecule has 2 heterocycles. The minimum atomic E-state index is -0.402. The Labute approximate surface area is 118 Å². The van der Waals surface area contributed by atoms with Gasteiger partial charge < -0.3 is 10.2 Å². The molecular formula is C12H15BrN2O2S. The fourth-order valence-corrected chi connectivity index (χ4v) is 3.46. The number of hydrogen-bond acceptors (Lipinski definition) is 3. The molecule has 0 bridgehead atoms. The average Bonchev–Trinajstić information content (AvgIpc) is 2.75. The molecule has 0 radical (unpaired) electrons. The third-order valence-corrected chi connectivity index (χ3v) is 4.72. The molecule has 1 aromatic rings. The largest absolute Gasteiger partial charge is 0.343 e. The topological polar surface area (TPSA) is 49.4 Å². The zero-order valence-electron chi connectivity index (χ0n) is 10.3. The van der Waals surface area contributed by atoms with Crippen LogP contribution in [0.4, 0.5) is 0 Å². The summed E-state index contributed by atoms with van der Waals surface area (Å²) < 4.78 is 1.03. The van der Waals surface area contributed by atoms with Gasteiger partial charge in [0.15, 0.2) is 0 Å². The summed E-state index contributed by atoms with van der Waals surface area (Å²) in [5.74, 6) is -0.0637. The van der Waals surface area contributed by atoms with Gasteiger partial charge in [0, 0.05) is 4.88 Å². The van der Waals surface area contributed by atoms with E-state index in [1.165, 1.54) is 0 Å². The molecule has 2 amide bonds. The Balaban J connectivity index is 2.17. The van der Waals surface area contributed by atoms with E-state index in [1.54, 1.807) is 23.2 Å². The van der Waals surface area contributed by atoms with Crippen molar-refractivity contribution >= 4 is 39.1 Å². The molecule has 6 heteroatoms. The predicted octanol–water partition coefficient (Wildman–Crippen LogP) is 2.14. The molecule has 4 nitrogen and oxygen atoms in total. The number of thiophene rings is 1. The van der Waals surface area contributed by atoms with Gasteiger partial charge in [0.25, 0.3) is 0 Å². The molecule has 0 spiro atoms. The lowest BCUT2D eigenvalue weighted by atomic mass is 10.1. The second-order valence-electron chi connectivity index (χ2n) is 4.32. The maximum Gasteiger partial charge on any atom is 0.246 e. The van der Waals surface area contributed by atoms with Crippen LogP contribution in [-0.4, -0.2) is 28.8 Å². The Morgan fingerprint density at radius 2 is 2.17 bits per heavy atom. The molecular weight excluding hydrogens is 316 g/mol. The molecule has 0 saturated carbocycles. The van der Waals surface area contributed by atoms with Gasteiger partial charge in [-0.05, 0) is 41.4 Å². The highest BCUT2D eigenvalue weighted by Crippen LogP contribution is 2.25. The van der Waals surface area contributed by atoms with E-state index in [1.807, 2.05) is 19.1 Å². The van der Waals surface area contributed by atoms with Gasteiger partial charge in [-0.2, -0.15) is 0 Å². The smallest absolute Gasteiger partial charge is 0.246 e. The van der Waals surface area contributed by atoms with Gasteiger partial charge >= 0.3 is 0 Å². The number of nitrogens with zero attached hydrogens (tertiary/aromatic N) is 1. The first-order valence-corrected chi connectivity index (χ1v) is 7.49. The van der Waals surface area contributed by atoms with Crippen LogP contribution in [0.2, 0.25) is 0 Å². The summed E-state index contributed by atoms with van der Waals surface area (Å²) >= 11 is 4.99. The molecule has 1 aliphatic heterocycles. The van der Waals surface area contributed by atoms with E-state index in [0.717, 1.165) is 8.66 Å². The van der Waals surface area contributed by atoms with Crippen molar-refractivity contribution in [2.24, 2.45) is 0 Å². The van der Waals surface area contributed by atoms with E-state index in [9.17, 15) is 9.59 Å². The number of carbonyl (C=O) groups excluding carboxylic acids is 2. The Morgan fingerprint density at radius 3 is 2.72 bits per heavy atom. The van der Waals surface area contributed by atoms with Crippen LogP contribution >= 0.6 is 27.3 Å². The van der Waals surface area contributed by atoms with Crippen LogP contribution in [0.1, 0.15) is 25.1 Å². The fraction of sp³-hybridized carbons (Fsp3) is 0.500. The SMILES string of the molecule is CCC1NC(=O)C(C)N(Cc2ccc(Br)s2)C1=O. The molecule has 2 unspecified atom stereocenters. The lowest BCUT2D eigenvalue weighted by Crippen LogP contribution is -2.61. The van der Waals surface area contributed by atoms with Crippen LogP contribution in [0.5, 0.6) is 0 Å². The molecule has 18 heavy (non-hydrogen) atoms. The Kier molecular flexibility index (Phi) is 4.07. The standard InChI is InChI=1S/C12H15BrN2O2S/c1-3-9-12(17)15(7(2)11(16)14-9)6-8-4-5-10(13)18-8/h4-5,7,9H,3,6H2,1-2H3,(H,14,16). The quantitative estimate of drug-likeness (QED) is 0.923. The van der Waals surface area contributed by atoms with Crippen molar-refractivity contribution in [1.29, 1.82) is 0 Å². The molecule has 98 valence electrons. The summed E-state index contributed by atoms with van der Waals surface area (Å²) in [6.45, 7) is 4.17. The summed E-state index contributed by atoms with van der Waals surface area (Å²) in [4.78, 5) is 26.8. The molecule has 1 aliphatic rings. The van der Waals surface area contributed by atoms with Crippen molar-refractivity contribution in [3.8, 4) is 0 Å². The van der Waals surface area contributed by atoms with Crippen molar-refractivity contribution in [2.75, 3.05) is 0 Å². The second-order valence-corrected chi connectivity index (χ2v) is 6.86. The molecule has 2 rings (SSSR count). The van der Waals surface area contributed by atoms with E-state index in [2.05, 4.69) is 21.2 Å². The molecule has 0 aliphatic carbocycles. The number of halogens is 1. The van der Waals surface area contributed by atoms with Crippen molar-refractivity contribution in [3.05, 3.63) is 20.8 Å². The molecule has 0 aromatic carbocycles. The molecule has 1 aromatic heterocycles. The first kappa shape index (κ1) is 13.5. The fourth-order valence-electron chi connectivity index (χ4n) is 1.98. The Morgan fingerprint density at radius 1 is 1.44 bits per heavy atom. The lowest BCUT2D eigenvalue weighted by molar-refractivity contribution is -0.149. The van der Waals surface area contributed by atoms with Crippen LogP contribution < -0.4 is 5.32 Å². The summed E-state index contributed by atoms with van der Waals surface area (Å²) in [7, 11) is 0. The van der Waals surface area contributed by atoms with Gasteiger partial charge in [-0.1, -0.05) is 6.92 Å². The molecule has 1 fully saturated rings. The zero-order valence-corrected chi connectivity index (χ0v) is 12.7. The van der Waals surface area contributed by atoms with Crippen LogP contribution in [0, 0.1) is 0 Å². The van der Waals surface area contributed by atoms with Crippen molar-refractivity contribution in [1.82, 2.24) is 10.2 Å². The first-order valence-electron chi connectivity index (χ1n) is 5.88. The molecule has 1 N–H and O–H groups in total. The van der Waals surface area contributed by atoms with Gasteiger partial charge in [0.05, 0.1) is 10.3 Å². The number of carbonyl (C=O) groups is 2. The summed E-state index contributed by atoms with van der Waals surface area (Å²) in [6.07, 6.45) is 0.627. The van der Waals surface area contributed by atoms with Gasteiger partial charge in [-0.15, -0.1) is 11.3 Å². The number of piperazine rings is 1. The average molecular weight is 331 g/mol. The maximum atomic E-state index is 12.2. The minimum Gasteiger partial charge on any atom is -0.343 e. The van der Waals surface area contributed by atoms with Crippen LogP contribution in [0.15, 0.2) is 15.9 Å². The van der Waals surface area contributed by atoms with E-state index >= 15 is 0 Å². The monoisotopic (exact) mass is 330 g/mol. The summed E-state index contributed by atoms with van der Waals surface area (Å²) in [6, 6.07) is 3.15. The van der Waals surface area contributed by atoms with Crippen LogP contribution in [0.3, 0.4) is 0 Å². The van der Waals surface area contributed by atoms with Gasteiger partial charge in [-0.25, -0.2) is 0 Å². The van der Waals surface area contributed by atoms with Crippen molar-refractivity contribution < 1.29 is 9.59 Å². The van der Waals surface area contributed by atoms with Crippen molar-refractivity contribution in [3.63, 3.8) is 0 Å². The molecule has 1 saturated heterocycles. The van der Waals surface area contributed by atoms with Gasteiger partial charge in [0.1, 0.15) is 12.1 Å². The third-order valence-electron chi connectivity index (χ3n) is 3.11. The highest BCUT2D eigenvalue weighted by Gasteiger charge is 2.37. The Bertz CT molecular complexity index is 474. The summed E-state index contributed by atoms with van der Waals surface area (Å²) in [5.41, 5.74) is 0. The second kappa shape index (κ2) is 5.40. The minimum absolute atomic E-state index is 0.00845. The van der Waals surface area contributed by atoms with Gasteiger partial charge in [-0.3, -0.25) is 9.59 Å². The zero-order chi connectivity index (χ0) is 13.3. The highest BCUT2D eigenvalue weighted by molar-refractivity contribution is 9.11. The van der Waals surface area contributed by atoms with Crippen molar-refractivity contribution in [2.45, 2.75) is 38.9 Å². The number of amides is 2. The molecule has 2 atom stereocenters. The Hall–Kier alpha value is -0.880. The normalized spacial score (nSPS) is 24.3. The summed E-state index contributed by atoms with van der Waals surface area (Å²) in [5, 5.41) is 2.75. The number of hydrogen-bond donors (Lipinski definition) is 1. The number of nitrogens with one attached hydrogen (secondary N) is 1. The van der Waals surface area contributed by atoms with Gasteiger partial charge in [0.2, 0.25) is 11.8 Å².